The summed E-state index contributed by atoms with van der Waals surface area (Å²) in [5.41, 5.74) is 1.46. The van der Waals surface area contributed by atoms with Gasteiger partial charge in [0.1, 0.15) is 0 Å². The molecule has 1 fully saturated rings. The zero-order valence-electron chi connectivity index (χ0n) is 5.30. The smallest absolute Gasteiger partial charge is 0.0737 e. The van der Waals surface area contributed by atoms with Crippen LogP contribution in [0.15, 0.2) is 16.6 Å². The van der Waals surface area contributed by atoms with Crippen LogP contribution < -0.4 is 5.32 Å². The molecule has 1 unspecified atom stereocenters. The summed E-state index contributed by atoms with van der Waals surface area (Å²) in [5.74, 6) is 0. The van der Waals surface area contributed by atoms with Gasteiger partial charge in [0.2, 0.25) is 0 Å². The standard InChI is InChI=1S/C7H10N2/c1-4-9-7-2-3-8-5-6(1)7/h1,4,7-8H,2-3,5H2. The number of allylic oxidation sites excluding steroid dienone is 1. The van der Waals surface area contributed by atoms with E-state index in [0.29, 0.717) is 6.04 Å². The number of fused-ring (bicyclic) bond motifs is 1. The monoisotopic (exact) mass is 122 g/mol. The van der Waals surface area contributed by atoms with Crippen molar-refractivity contribution in [2.75, 3.05) is 13.1 Å². The van der Waals surface area contributed by atoms with E-state index in [2.05, 4.69) is 16.4 Å². The van der Waals surface area contributed by atoms with Gasteiger partial charge in [-0.05, 0) is 24.6 Å². The van der Waals surface area contributed by atoms with Gasteiger partial charge in [-0.15, -0.1) is 0 Å². The molecule has 0 aromatic rings. The van der Waals surface area contributed by atoms with Crippen LogP contribution in [0.4, 0.5) is 0 Å². The zero-order valence-corrected chi connectivity index (χ0v) is 5.30. The highest BCUT2D eigenvalue weighted by Crippen LogP contribution is 2.16. The normalized spacial score (nSPS) is 32.0. The van der Waals surface area contributed by atoms with Crippen molar-refractivity contribution >= 4 is 6.21 Å². The molecule has 0 aromatic carbocycles. The Morgan fingerprint density at radius 1 is 1.67 bits per heavy atom. The molecule has 0 radical (unpaired) electrons. The second kappa shape index (κ2) is 1.95. The summed E-state index contributed by atoms with van der Waals surface area (Å²) < 4.78 is 0. The number of aliphatic imine (C=N–C) groups is 1. The van der Waals surface area contributed by atoms with Crippen LogP contribution in [0.2, 0.25) is 0 Å². The maximum atomic E-state index is 4.30. The minimum absolute atomic E-state index is 0.534. The summed E-state index contributed by atoms with van der Waals surface area (Å²) >= 11 is 0. The summed E-state index contributed by atoms with van der Waals surface area (Å²) in [7, 11) is 0. The molecule has 1 N–H and O–H groups in total. The quantitative estimate of drug-likeness (QED) is 0.493. The molecular formula is C7H10N2. The predicted octanol–water partition coefficient (Wildman–Crippen LogP) is 0.359. The van der Waals surface area contributed by atoms with Crippen molar-refractivity contribution in [3.05, 3.63) is 11.6 Å². The molecule has 2 heterocycles. The highest BCUT2D eigenvalue weighted by atomic mass is 14.9. The van der Waals surface area contributed by atoms with Gasteiger partial charge < -0.3 is 5.32 Å². The first-order chi connectivity index (χ1) is 4.47. The summed E-state index contributed by atoms with van der Waals surface area (Å²) in [6.07, 6.45) is 5.23. The molecule has 48 valence electrons. The van der Waals surface area contributed by atoms with E-state index in [1.165, 1.54) is 12.0 Å². The molecular weight excluding hydrogens is 112 g/mol. The van der Waals surface area contributed by atoms with Gasteiger partial charge in [-0.25, -0.2) is 0 Å². The molecule has 1 saturated heterocycles. The van der Waals surface area contributed by atoms with Gasteiger partial charge in [-0.1, -0.05) is 0 Å². The second-order valence-electron chi connectivity index (χ2n) is 2.52. The van der Waals surface area contributed by atoms with Crippen molar-refractivity contribution in [2.45, 2.75) is 12.5 Å². The summed E-state index contributed by atoms with van der Waals surface area (Å²) in [5, 5.41) is 3.31. The maximum absolute atomic E-state index is 4.30. The number of rotatable bonds is 0. The molecule has 1 atom stereocenters. The first-order valence-electron chi connectivity index (χ1n) is 3.40. The van der Waals surface area contributed by atoms with E-state index >= 15 is 0 Å². The third-order valence-corrected chi connectivity index (χ3v) is 1.91. The van der Waals surface area contributed by atoms with Gasteiger partial charge in [-0.3, -0.25) is 4.99 Å². The maximum Gasteiger partial charge on any atom is 0.0737 e. The molecule has 2 heteroatoms. The number of nitrogens with one attached hydrogen (secondary N) is 1. The lowest BCUT2D eigenvalue weighted by molar-refractivity contribution is 0.558. The number of piperidine rings is 1. The molecule has 2 nitrogen and oxygen atoms in total. The SMILES string of the molecule is C1=NC2CCNCC2=C1. The van der Waals surface area contributed by atoms with Crippen molar-refractivity contribution in [3.63, 3.8) is 0 Å². The van der Waals surface area contributed by atoms with E-state index in [-0.39, 0.29) is 0 Å². The Morgan fingerprint density at radius 3 is 3.56 bits per heavy atom. The van der Waals surface area contributed by atoms with E-state index in [1.807, 2.05) is 6.21 Å². The van der Waals surface area contributed by atoms with E-state index < -0.39 is 0 Å². The molecule has 0 bridgehead atoms. The largest absolute Gasteiger partial charge is 0.313 e. The topological polar surface area (TPSA) is 24.4 Å². The van der Waals surface area contributed by atoms with Crippen LogP contribution in [0.1, 0.15) is 6.42 Å². The van der Waals surface area contributed by atoms with E-state index in [4.69, 9.17) is 0 Å². The van der Waals surface area contributed by atoms with Crippen LogP contribution >= 0.6 is 0 Å². The Kier molecular flexibility index (Phi) is 1.12. The Balaban J connectivity index is 2.16. The third kappa shape index (κ3) is 0.793. The minimum Gasteiger partial charge on any atom is -0.313 e. The molecule has 0 spiro atoms. The van der Waals surface area contributed by atoms with Crippen LogP contribution in [-0.2, 0) is 0 Å². The lowest BCUT2D eigenvalue weighted by Crippen LogP contribution is -2.31. The lowest BCUT2D eigenvalue weighted by Gasteiger charge is -2.19. The number of hydrogen-bond donors (Lipinski definition) is 1. The Morgan fingerprint density at radius 2 is 2.67 bits per heavy atom. The average molecular weight is 122 g/mol. The third-order valence-electron chi connectivity index (χ3n) is 1.91. The van der Waals surface area contributed by atoms with Gasteiger partial charge in [0.25, 0.3) is 0 Å². The van der Waals surface area contributed by atoms with Crippen LogP contribution in [0.25, 0.3) is 0 Å². The van der Waals surface area contributed by atoms with Crippen molar-refractivity contribution in [1.82, 2.24) is 5.32 Å². The van der Waals surface area contributed by atoms with E-state index in [0.717, 1.165) is 13.1 Å². The van der Waals surface area contributed by atoms with E-state index in [1.54, 1.807) is 0 Å². The fraction of sp³-hybridized carbons (Fsp3) is 0.571. The van der Waals surface area contributed by atoms with Gasteiger partial charge >= 0.3 is 0 Å². The zero-order chi connectivity index (χ0) is 6.10. The first-order valence-corrected chi connectivity index (χ1v) is 3.40. The fourth-order valence-corrected chi connectivity index (χ4v) is 1.36. The van der Waals surface area contributed by atoms with E-state index in [9.17, 15) is 0 Å². The molecule has 0 aliphatic carbocycles. The van der Waals surface area contributed by atoms with Crippen molar-refractivity contribution < 1.29 is 0 Å². The summed E-state index contributed by atoms with van der Waals surface area (Å²) in [4.78, 5) is 4.30. The highest BCUT2D eigenvalue weighted by Gasteiger charge is 2.18. The van der Waals surface area contributed by atoms with Gasteiger partial charge in [-0.2, -0.15) is 0 Å². The van der Waals surface area contributed by atoms with Crippen LogP contribution in [0.3, 0.4) is 0 Å². The van der Waals surface area contributed by atoms with Crippen molar-refractivity contribution in [1.29, 1.82) is 0 Å². The average Bonchev–Trinajstić information content (AvgIpc) is 2.33. The molecule has 0 saturated carbocycles. The highest BCUT2D eigenvalue weighted by molar-refractivity contribution is 5.76. The van der Waals surface area contributed by atoms with Crippen LogP contribution in [0, 0.1) is 0 Å². The van der Waals surface area contributed by atoms with Crippen LogP contribution in [0.5, 0.6) is 0 Å². The molecule has 0 amide bonds. The van der Waals surface area contributed by atoms with Gasteiger partial charge in [0.15, 0.2) is 0 Å². The molecule has 2 aliphatic heterocycles. The molecule has 9 heavy (non-hydrogen) atoms. The molecule has 2 aliphatic rings. The summed E-state index contributed by atoms with van der Waals surface area (Å²) in [6, 6.07) is 0.534. The molecule has 2 rings (SSSR count). The predicted molar refractivity (Wildman–Crippen MR) is 37.8 cm³/mol. The lowest BCUT2D eigenvalue weighted by atomic mass is 10.0. The number of hydrogen-bond acceptors (Lipinski definition) is 2. The fourth-order valence-electron chi connectivity index (χ4n) is 1.36. The minimum atomic E-state index is 0.534. The Bertz CT molecular complexity index is 170. The van der Waals surface area contributed by atoms with Crippen molar-refractivity contribution in [3.8, 4) is 0 Å². The second-order valence-corrected chi connectivity index (χ2v) is 2.52. The summed E-state index contributed by atoms with van der Waals surface area (Å²) in [6.45, 7) is 2.17. The van der Waals surface area contributed by atoms with Gasteiger partial charge in [0.05, 0.1) is 6.04 Å². The van der Waals surface area contributed by atoms with Crippen molar-refractivity contribution in [2.24, 2.45) is 4.99 Å². The molecule has 0 aromatic heterocycles. The Hall–Kier alpha value is -0.630. The van der Waals surface area contributed by atoms with Crippen LogP contribution in [-0.4, -0.2) is 25.3 Å². The first kappa shape index (κ1) is 5.18. The van der Waals surface area contributed by atoms with Gasteiger partial charge in [0, 0.05) is 12.8 Å². The Labute approximate surface area is 54.7 Å². The number of nitrogens with zero attached hydrogens (tertiary/aromatic N) is 1.